The van der Waals surface area contributed by atoms with Crippen molar-refractivity contribution in [1.29, 1.82) is 0 Å². The molecular formula is C19H28N6O2S. The molecule has 2 aliphatic rings. The molecule has 0 atom stereocenters. The third-order valence-corrected chi connectivity index (χ3v) is 6.01. The molecule has 0 bridgehead atoms. The van der Waals surface area contributed by atoms with Gasteiger partial charge in [0.05, 0.1) is 18.1 Å². The number of thiazole rings is 1. The highest BCUT2D eigenvalue weighted by molar-refractivity contribution is 7.11. The van der Waals surface area contributed by atoms with Crippen molar-refractivity contribution in [2.45, 2.75) is 25.7 Å². The van der Waals surface area contributed by atoms with E-state index in [0.29, 0.717) is 13.2 Å². The number of nitrogens with zero attached hydrogens (tertiary/aromatic N) is 5. The van der Waals surface area contributed by atoms with Crippen molar-refractivity contribution in [3.05, 3.63) is 34.5 Å². The van der Waals surface area contributed by atoms with Crippen LogP contribution in [0.3, 0.4) is 0 Å². The van der Waals surface area contributed by atoms with Crippen molar-refractivity contribution in [2.24, 2.45) is 0 Å². The predicted molar refractivity (Wildman–Crippen MR) is 108 cm³/mol. The van der Waals surface area contributed by atoms with Gasteiger partial charge in [0.2, 0.25) is 5.95 Å². The highest BCUT2D eigenvalue weighted by atomic mass is 32.1. The standard InChI is InChI=1S/C19H28N6O2S/c1(4-20-15-17-23-14-16(28-17)18-26-12-13-27-18)2-7-24-8-10-25(11-9-24)19-21-5-3-6-22-19/h3,5-6,14,18,20H,1-2,4,7-13,15H2. The highest BCUT2D eigenvalue weighted by Gasteiger charge is 2.21. The van der Waals surface area contributed by atoms with E-state index >= 15 is 0 Å². The lowest BCUT2D eigenvalue weighted by atomic mass is 10.2. The van der Waals surface area contributed by atoms with Crippen molar-refractivity contribution in [3.8, 4) is 0 Å². The fraction of sp³-hybridized carbons (Fsp3) is 0.632. The summed E-state index contributed by atoms with van der Waals surface area (Å²) in [6.45, 7) is 8.50. The molecule has 0 spiro atoms. The molecule has 2 aromatic heterocycles. The summed E-state index contributed by atoms with van der Waals surface area (Å²) in [5.41, 5.74) is 0. The topological polar surface area (TPSA) is 75.6 Å². The molecule has 0 unspecified atom stereocenters. The van der Waals surface area contributed by atoms with Gasteiger partial charge in [-0.1, -0.05) is 0 Å². The summed E-state index contributed by atoms with van der Waals surface area (Å²) in [6, 6.07) is 1.86. The van der Waals surface area contributed by atoms with Crippen LogP contribution >= 0.6 is 11.3 Å². The summed E-state index contributed by atoms with van der Waals surface area (Å²) >= 11 is 1.67. The summed E-state index contributed by atoms with van der Waals surface area (Å²) in [7, 11) is 0. The SMILES string of the molecule is c1cnc(N2CCN(CCCCNCc3ncc(C4OCCO4)s3)CC2)nc1. The minimum Gasteiger partial charge on any atom is -0.345 e. The first-order chi connectivity index (χ1) is 13.9. The first kappa shape index (κ1) is 19.7. The van der Waals surface area contributed by atoms with Gasteiger partial charge in [-0.2, -0.15) is 0 Å². The van der Waals surface area contributed by atoms with Crippen molar-refractivity contribution >= 4 is 17.3 Å². The van der Waals surface area contributed by atoms with E-state index in [-0.39, 0.29) is 6.29 Å². The Kier molecular flexibility index (Phi) is 7.17. The highest BCUT2D eigenvalue weighted by Crippen LogP contribution is 2.27. The van der Waals surface area contributed by atoms with Crippen LogP contribution in [0.1, 0.15) is 29.0 Å². The van der Waals surface area contributed by atoms with Crippen LogP contribution in [-0.4, -0.2) is 72.3 Å². The molecule has 2 saturated heterocycles. The van der Waals surface area contributed by atoms with Gasteiger partial charge in [-0.05, 0) is 32.0 Å². The predicted octanol–water partition coefficient (Wildman–Crippen LogP) is 1.67. The van der Waals surface area contributed by atoms with Gasteiger partial charge in [0.1, 0.15) is 5.01 Å². The third kappa shape index (κ3) is 5.45. The van der Waals surface area contributed by atoms with Crippen LogP contribution in [0.15, 0.2) is 24.7 Å². The lowest BCUT2D eigenvalue weighted by Gasteiger charge is -2.34. The molecule has 0 aliphatic carbocycles. The second-order valence-corrected chi connectivity index (χ2v) is 8.14. The van der Waals surface area contributed by atoms with Crippen LogP contribution in [0.5, 0.6) is 0 Å². The van der Waals surface area contributed by atoms with E-state index in [9.17, 15) is 0 Å². The maximum atomic E-state index is 5.51. The van der Waals surface area contributed by atoms with Gasteiger partial charge < -0.3 is 19.7 Å². The Hall–Kier alpha value is -1.65. The molecule has 28 heavy (non-hydrogen) atoms. The smallest absolute Gasteiger partial charge is 0.225 e. The number of rotatable bonds is 9. The molecule has 0 aromatic carbocycles. The second kappa shape index (κ2) is 10.2. The second-order valence-electron chi connectivity index (χ2n) is 6.99. The lowest BCUT2D eigenvalue weighted by molar-refractivity contribution is -0.0414. The van der Waals surface area contributed by atoms with Crippen molar-refractivity contribution < 1.29 is 9.47 Å². The van der Waals surface area contributed by atoms with E-state index in [1.54, 1.807) is 11.3 Å². The number of piperazine rings is 1. The van der Waals surface area contributed by atoms with E-state index in [1.165, 1.54) is 12.8 Å². The minimum absolute atomic E-state index is 0.208. The number of unbranched alkanes of at least 4 members (excludes halogenated alkanes) is 1. The Bertz CT molecular complexity index is 701. The molecule has 0 saturated carbocycles. The van der Waals surface area contributed by atoms with Crippen LogP contribution < -0.4 is 10.2 Å². The van der Waals surface area contributed by atoms with E-state index in [2.05, 4.69) is 30.1 Å². The fourth-order valence-corrected chi connectivity index (χ4v) is 4.33. The van der Waals surface area contributed by atoms with Gasteiger partial charge in [0.15, 0.2) is 6.29 Å². The number of anilines is 1. The van der Waals surface area contributed by atoms with E-state index in [1.807, 2.05) is 24.7 Å². The van der Waals surface area contributed by atoms with Crippen LogP contribution in [-0.2, 0) is 16.0 Å². The normalized spacial score (nSPS) is 18.8. The Morgan fingerprint density at radius 1 is 1.04 bits per heavy atom. The Morgan fingerprint density at radius 3 is 2.61 bits per heavy atom. The Balaban J connectivity index is 1.06. The number of hydrogen-bond acceptors (Lipinski definition) is 9. The summed E-state index contributed by atoms with van der Waals surface area (Å²) in [5, 5.41) is 4.59. The van der Waals surface area contributed by atoms with E-state index < -0.39 is 0 Å². The number of ether oxygens (including phenoxy) is 2. The zero-order chi connectivity index (χ0) is 19.0. The number of aromatic nitrogens is 3. The molecule has 1 N–H and O–H groups in total. The monoisotopic (exact) mass is 404 g/mol. The summed E-state index contributed by atoms with van der Waals surface area (Å²) in [6.07, 6.45) is 7.67. The number of hydrogen-bond donors (Lipinski definition) is 1. The Labute approximate surface area is 169 Å². The molecule has 8 nitrogen and oxygen atoms in total. The Morgan fingerprint density at radius 2 is 1.82 bits per heavy atom. The van der Waals surface area contributed by atoms with Crippen molar-refractivity contribution in [3.63, 3.8) is 0 Å². The molecule has 0 radical (unpaired) electrons. The van der Waals surface area contributed by atoms with Gasteiger partial charge in [0.25, 0.3) is 0 Å². The van der Waals surface area contributed by atoms with E-state index in [4.69, 9.17) is 9.47 Å². The summed E-state index contributed by atoms with van der Waals surface area (Å²) < 4.78 is 11.0. The summed E-state index contributed by atoms with van der Waals surface area (Å²) in [5.74, 6) is 0.850. The molecular weight excluding hydrogens is 376 g/mol. The average Bonchev–Trinajstić information content (AvgIpc) is 3.43. The molecule has 4 rings (SSSR count). The molecule has 2 aromatic rings. The van der Waals surface area contributed by atoms with Gasteiger partial charge in [-0.25, -0.2) is 15.0 Å². The maximum absolute atomic E-state index is 5.51. The molecule has 9 heteroatoms. The van der Waals surface area contributed by atoms with Crippen LogP contribution in [0.25, 0.3) is 0 Å². The van der Waals surface area contributed by atoms with E-state index in [0.717, 1.165) is 61.6 Å². The quantitative estimate of drug-likeness (QED) is 0.633. The third-order valence-electron chi connectivity index (χ3n) is 4.99. The zero-order valence-electron chi connectivity index (χ0n) is 16.1. The average molecular weight is 405 g/mol. The van der Waals surface area contributed by atoms with Gasteiger partial charge in [0, 0.05) is 51.3 Å². The molecule has 152 valence electrons. The fourth-order valence-electron chi connectivity index (χ4n) is 3.44. The van der Waals surface area contributed by atoms with Crippen molar-refractivity contribution in [2.75, 3.05) is 57.4 Å². The largest absolute Gasteiger partial charge is 0.345 e. The summed E-state index contributed by atoms with van der Waals surface area (Å²) in [4.78, 5) is 19.0. The maximum Gasteiger partial charge on any atom is 0.225 e. The molecule has 2 aliphatic heterocycles. The molecule has 4 heterocycles. The van der Waals surface area contributed by atoms with Crippen LogP contribution in [0, 0.1) is 0 Å². The van der Waals surface area contributed by atoms with Gasteiger partial charge >= 0.3 is 0 Å². The van der Waals surface area contributed by atoms with Crippen LogP contribution in [0.2, 0.25) is 0 Å². The first-order valence-corrected chi connectivity index (χ1v) is 10.8. The zero-order valence-corrected chi connectivity index (χ0v) is 16.9. The van der Waals surface area contributed by atoms with Gasteiger partial charge in [-0.3, -0.25) is 4.90 Å². The first-order valence-electron chi connectivity index (χ1n) is 10.0. The molecule has 0 amide bonds. The van der Waals surface area contributed by atoms with Gasteiger partial charge in [-0.15, -0.1) is 11.3 Å². The van der Waals surface area contributed by atoms with Crippen molar-refractivity contribution in [1.82, 2.24) is 25.2 Å². The van der Waals surface area contributed by atoms with Crippen LogP contribution in [0.4, 0.5) is 5.95 Å². The number of nitrogens with one attached hydrogen (secondary N) is 1. The minimum atomic E-state index is -0.208. The lowest BCUT2D eigenvalue weighted by Crippen LogP contribution is -2.47. The molecule has 2 fully saturated rings.